The quantitative estimate of drug-likeness (QED) is 0.920. The average Bonchev–Trinajstić information content (AvgIpc) is 3.25. The number of anilines is 1. The van der Waals surface area contributed by atoms with Gasteiger partial charge in [-0.3, -0.25) is 0 Å². The lowest BCUT2D eigenvalue weighted by Crippen LogP contribution is -2.43. The third-order valence-electron chi connectivity index (χ3n) is 4.70. The molecule has 2 aliphatic rings. The van der Waals surface area contributed by atoms with Crippen LogP contribution in [0.4, 0.5) is 10.6 Å². The van der Waals surface area contributed by atoms with Gasteiger partial charge in [0.15, 0.2) is 0 Å². The van der Waals surface area contributed by atoms with Crippen molar-refractivity contribution in [3.63, 3.8) is 0 Å². The molecule has 0 aromatic carbocycles. The van der Waals surface area contributed by atoms with Crippen LogP contribution in [0.3, 0.4) is 0 Å². The molecule has 0 aliphatic carbocycles. The molecule has 3 heterocycles. The van der Waals surface area contributed by atoms with Crippen LogP contribution in [-0.4, -0.2) is 53.6 Å². The van der Waals surface area contributed by atoms with Gasteiger partial charge in [0.05, 0.1) is 0 Å². The molecule has 1 aromatic rings. The number of aryl methyl sites for hydroxylation is 1. The largest absolute Gasteiger partial charge is 0.356 e. The van der Waals surface area contributed by atoms with E-state index < -0.39 is 0 Å². The van der Waals surface area contributed by atoms with E-state index in [0.29, 0.717) is 12.6 Å². The molecule has 1 atom stereocenters. The van der Waals surface area contributed by atoms with E-state index in [1.807, 2.05) is 36.7 Å². The summed E-state index contributed by atoms with van der Waals surface area (Å²) < 4.78 is 0. The van der Waals surface area contributed by atoms with Crippen LogP contribution in [0.5, 0.6) is 0 Å². The van der Waals surface area contributed by atoms with Crippen LogP contribution in [0.1, 0.15) is 30.5 Å². The fraction of sp³-hybridized carbons (Fsp3) is 0.647. The van der Waals surface area contributed by atoms with Gasteiger partial charge in [-0.25, -0.2) is 9.78 Å². The number of aromatic nitrogens is 1. The summed E-state index contributed by atoms with van der Waals surface area (Å²) in [5.74, 6) is 3.25. The standard InChI is InChI=1S/C17H26N4OS/c1-13-5-6-14(16(19-13)21-8-3-4-9-21)11-18-17(22)20(2)15-7-10-23-12-15/h5-6,15H,3-4,7-12H2,1-2H3,(H,18,22)/t15-/m0/s1. The molecule has 5 nitrogen and oxygen atoms in total. The second kappa shape index (κ2) is 7.43. The minimum Gasteiger partial charge on any atom is -0.356 e. The van der Waals surface area contributed by atoms with Crippen molar-refractivity contribution in [2.24, 2.45) is 0 Å². The zero-order valence-electron chi connectivity index (χ0n) is 14.0. The zero-order chi connectivity index (χ0) is 16.2. The molecular formula is C17H26N4OS. The topological polar surface area (TPSA) is 48.5 Å². The minimum absolute atomic E-state index is 0.0189. The van der Waals surface area contributed by atoms with E-state index in [9.17, 15) is 4.79 Å². The van der Waals surface area contributed by atoms with Gasteiger partial charge in [0.1, 0.15) is 5.82 Å². The van der Waals surface area contributed by atoms with E-state index in [0.717, 1.165) is 48.1 Å². The summed E-state index contributed by atoms with van der Waals surface area (Å²) in [5, 5.41) is 3.07. The van der Waals surface area contributed by atoms with Gasteiger partial charge in [-0.15, -0.1) is 0 Å². The molecule has 0 unspecified atom stereocenters. The summed E-state index contributed by atoms with van der Waals surface area (Å²) in [5.41, 5.74) is 2.14. The van der Waals surface area contributed by atoms with Crippen LogP contribution < -0.4 is 10.2 Å². The van der Waals surface area contributed by atoms with Crippen molar-refractivity contribution in [2.75, 3.05) is 36.5 Å². The Morgan fingerprint density at radius 1 is 1.43 bits per heavy atom. The van der Waals surface area contributed by atoms with Crippen molar-refractivity contribution in [1.82, 2.24) is 15.2 Å². The van der Waals surface area contributed by atoms with Crippen LogP contribution in [0.15, 0.2) is 12.1 Å². The summed E-state index contributed by atoms with van der Waals surface area (Å²) >= 11 is 1.92. The third-order valence-corrected chi connectivity index (χ3v) is 5.85. The number of hydrogen-bond acceptors (Lipinski definition) is 4. The van der Waals surface area contributed by atoms with Gasteiger partial charge in [-0.1, -0.05) is 6.07 Å². The second-order valence-corrected chi connectivity index (χ2v) is 7.57. The van der Waals surface area contributed by atoms with E-state index in [1.165, 1.54) is 12.8 Å². The highest BCUT2D eigenvalue weighted by molar-refractivity contribution is 7.99. The number of pyridine rings is 1. The Labute approximate surface area is 142 Å². The van der Waals surface area contributed by atoms with E-state index in [2.05, 4.69) is 16.3 Å². The first-order chi connectivity index (χ1) is 11.1. The fourth-order valence-corrected chi connectivity index (χ4v) is 4.47. The third kappa shape index (κ3) is 3.91. The van der Waals surface area contributed by atoms with Crippen molar-refractivity contribution in [1.29, 1.82) is 0 Å². The highest BCUT2D eigenvalue weighted by Gasteiger charge is 2.24. The molecule has 0 bridgehead atoms. The number of carbonyl (C=O) groups is 1. The van der Waals surface area contributed by atoms with Crippen LogP contribution in [0.2, 0.25) is 0 Å². The first kappa shape index (κ1) is 16.4. The van der Waals surface area contributed by atoms with Gasteiger partial charge in [0, 0.05) is 49.7 Å². The van der Waals surface area contributed by atoms with Gasteiger partial charge >= 0.3 is 6.03 Å². The Kier molecular flexibility index (Phi) is 5.30. The normalized spacial score (nSPS) is 20.8. The number of nitrogens with zero attached hydrogens (tertiary/aromatic N) is 3. The molecule has 0 saturated carbocycles. The molecule has 23 heavy (non-hydrogen) atoms. The monoisotopic (exact) mass is 334 g/mol. The SMILES string of the molecule is Cc1ccc(CNC(=O)N(C)[C@H]2CCSC2)c(N2CCCC2)n1. The molecule has 2 aliphatic heterocycles. The van der Waals surface area contributed by atoms with Gasteiger partial charge < -0.3 is 15.1 Å². The summed E-state index contributed by atoms with van der Waals surface area (Å²) in [6.45, 7) is 4.70. The molecule has 1 aromatic heterocycles. The van der Waals surface area contributed by atoms with Gasteiger partial charge in [0.2, 0.25) is 0 Å². The van der Waals surface area contributed by atoms with Crippen molar-refractivity contribution >= 4 is 23.6 Å². The lowest BCUT2D eigenvalue weighted by Gasteiger charge is -2.25. The maximum atomic E-state index is 12.4. The summed E-state index contributed by atoms with van der Waals surface area (Å²) in [7, 11) is 1.90. The van der Waals surface area contributed by atoms with Gasteiger partial charge in [0.25, 0.3) is 0 Å². The lowest BCUT2D eigenvalue weighted by molar-refractivity contribution is 0.195. The Hall–Kier alpha value is -1.43. The Bertz CT molecular complexity index is 554. The van der Waals surface area contributed by atoms with Crippen molar-refractivity contribution in [3.05, 3.63) is 23.4 Å². The van der Waals surface area contributed by atoms with Crippen LogP contribution >= 0.6 is 11.8 Å². The number of urea groups is 1. The molecule has 6 heteroatoms. The number of amides is 2. The number of hydrogen-bond donors (Lipinski definition) is 1. The van der Waals surface area contributed by atoms with E-state index in [1.54, 1.807) is 0 Å². The lowest BCUT2D eigenvalue weighted by atomic mass is 10.2. The molecule has 2 fully saturated rings. The smallest absolute Gasteiger partial charge is 0.317 e. The average molecular weight is 334 g/mol. The number of carbonyl (C=O) groups excluding carboxylic acids is 1. The fourth-order valence-electron chi connectivity index (χ4n) is 3.20. The van der Waals surface area contributed by atoms with Crippen molar-refractivity contribution in [3.8, 4) is 0 Å². The first-order valence-electron chi connectivity index (χ1n) is 8.45. The molecule has 126 valence electrons. The summed E-state index contributed by atoms with van der Waals surface area (Å²) in [4.78, 5) is 21.3. The van der Waals surface area contributed by atoms with Crippen LogP contribution in [-0.2, 0) is 6.54 Å². The predicted molar refractivity (Wildman–Crippen MR) is 96.1 cm³/mol. The van der Waals surface area contributed by atoms with Gasteiger partial charge in [-0.2, -0.15) is 11.8 Å². The minimum atomic E-state index is 0.0189. The number of nitrogens with one attached hydrogen (secondary N) is 1. The summed E-state index contributed by atoms with van der Waals surface area (Å²) in [6, 6.07) is 4.51. The van der Waals surface area contributed by atoms with Crippen LogP contribution in [0, 0.1) is 6.92 Å². The summed E-state index contributed by atoms with van der Waals surface area (Å²) in [6.07, 6.45) is 3.55. The molecule has 0 spiro atoms. The van der Waals surface area contributed by atoms with E-state index in [-0.39, 0.29) is 6.03 Å². The maximum absolute atomic E-state index is 12.4. The highest BCUT2D eigenvalue weighted by Crippen LogP contribution is 2.24. The molecule has 3 rings (SSSR count). The Morgan fingerprint density at radius 2 is 2.22 bits per heavy atom. The Balaban J connectivity index is 1.64. The highest BCUT2D eigenvalue weighted by atomic mass is 32.2. The number of rotatable bonds is 4. The maximum Gasteiger partial charge on any atom is 0.317 e. The Morgan fingerprint density at radius 3 is 2.91 bits per heavy atom. The first-order valence-corrected chi connectivity index (χ1v) is 9.60. The molecule has 2 saturated heterocycles. The van der Waals surface area contributed by atoms with E-state index >= 15 is 0 Å². The molecule has 0 radical (unpaired) electrons. The van der Waals surface area contributed by atoms with Gasteiger partial charge in [-0.05, 0) is 38.0 Å². The van der Waals surface area contributed by atoms with Crippen molar-refractivity contribution in [2.45, 2.75) is 38.8 Å². The predicted octanol–water partition coefficient (Wildman–Crippen LogP) is 2.64. The van der Waals surface area contributed by atoms with Crippen molar-refractivity contribution < 1.29 is 4.79 Å². The zero-order valence-corrected chi connectivity index (χ0v) is 14.9. The second-order valence-electron chi connectivity index (χ2n) is 6.42. The van der Waals surface area contributed by atoms with Crippen LogP contribution in [0.25, 0.3) is 0 Å². The van der Waals surface area contributed by atoms with E-state index in [4.69, 9.17) is 4.98 Å². The molecule has 2 amide bonds. The number of thioether (sulfide) groups is 1. The molecule has 1 N–H and O–H groups in total. The molecular weight excluding hydrogens is 308 g/mol.